The minimum absolute atomic E-state index is 0.0628. The summed E-state index contributed by atoms with van der Waals surface area (Å²) >= 11 is 0. The van der Waals surface area contributed by atoms with Gasteiger partial charge in [-0.25, -0.2) is 4.79 Å². The summed E-state index contributed by atoms with van der Waals surface area (Å²) < 4.78 is 7.17. The number of aromatic nitrogens is 2. The molecule has 2 rings (SSSR count). The van der Waals surface area contributed by atoms with Crippen molar-refractivity contribution in [3.05, 3.63) is 47.3 Å². The molecule has 1 aromatic carbocycles. The van der Waals surface area contributed by atoms with Crippen molar-refractivity contribution in [2.45, 2.75) is 13.3 Å². The Balaban J connectivity index is 1.92. The number of aromatic carboxylic acids is 1. The average molecular weight is 260 g/mol. The number of carbonyl (C=O) groups is 1. The highest BCUT2D eigenvalue weighted by Gasteiger charge is 2.10. The predicted molar refractivity (Wildman–Crippen MR) is 70.5 cm³/mol. The number of aryl methyl sites for hydroxylation is 2. The first kappa shape index (κ1) is 13.1. The van der Waals surface area contributed by atoms with Gasteiger partial charge in [0.25, 0.3) is 0 Å². The molecule has 100 valence electrons. The normalized spacial score (nSPS) is 10.4. The molecule has 0 bridgehead atoms. The number of hydrogen-bond donors (Lipinski definition) is 1. The van der Waals surface area contributed by atoms with Gasteiger partial charge < -0.3 is 9.84 Å². The zero-order valence-electron chi connectivity index (χ0n) is 11.0. The van der Waals surface area contributed by atoms with E-state index in [0.29, 0.717) is 13.0 Å². The molecule has 0 amide bonds. The zero-order valence-corrected chi connectivity index (χ0v) is 11.0. The van der Waals surface area contributed by atoms with Crippen molar-refractivity contribution in [3.8, 4) is 5.75 Å². The average Bonchev–Trinajstić information content (AvgIpc) is 2.74. The van der Waals surface area contributed by atoms with E-state index in [1.54, 1.807) is 17.8 Å². The highest BCUT2D eigenvalue weighted by Crippen LogP contribution is 2.12. The Labute approximate surface area is 111 Å². The lowest BCUT2D eigenvalue weighted by molar-refractivity contribution is 0.0689. The van der Waals surface area contributed by atoms with Gasteiger partial charge in [0.05, 0.1) is 6.61 Å². The van der Waals surface area contributed by atoms with Gasteiger partial charge in [-0.15, -0.1) is 0 Å². The van der Waals surface area contributed by atoms with Crippen LogP contribution in [0.15, 0.2) is 30.3 Å². The highest BCUT2D eigenvalue weighted by molar-refractivity contribution is 5.85. The van der Waals surface area contributed by atoms with Gasteiger partial charge in [0, 0.05) is 19.2 Å². The van der Waals surface area contributed by atoms with E-state index in [4.69, 9.17) is 9.84 Å². The minimum atomic E-state index is -1.01. The molecule has 0 saturated heterocycles. The lowest BCUT2D eigenvalue weighted by atomic mass is 10.2. The van der Waals surface area contributed by atoms with E-state index >= 15 is 0 Å². The van der Waals surface area contributed by atoms with E-state index < -0.39 is 5.97 Å². The Morgan fingerprint density at radius 1 is 1.37 bits per heavy atom. The van der Waals surface area contributed by atoms with E-state index in [2.05, 4.69) is 5.10 Å². The lowest BCUT2D eigenvalue weighted by Gasteiger charge is -2.06. The summed E-state index contributed by atoms with van der Waals surface area (Å²) in [5.74, 6) is -0.201. The number of rotatable bonds is 5. The fraction of sp³-hybridized carbons (Fsp3) is 0.286. The maximum atomic E-state index is 10.8. The molecule has 0 unspecified atom stereocenters. The van der Waals surface area contributed by atoms with Crippen LogP contribution in [0.3, 0.4) is 0 Å². The molecule has 1 heterocycles. The molecular formula is C14H16N2O3. The van der Waals surface area contributed by atoms with Crippen molar-refractivity contribution in [1.82, 2.24) is 9.78 Å². The van der Waals surface area contributed by atoms with Crippen LogP contribution >= 0.6 is 0 Å². The zero-order chi connectivity index (χ0) is 13.8. The molecule has 0 spiro atoms. The Bertz CT molecular complexity index is 573. The van der Waals surface area contributed by atoms with Gasteiger partial charge in [-0.3, -0.25) is 4.68 Å². The van der Waals surface area contributed by atoms with Crippen LogP contribution in [0.4, 0.5) is 0 Å². The minimum Gasteiger partial charge on any atom is -0.493 e. The monoisotopic (exact) mass is 260 g/mol. The number of ether oxygens (including phenoxy) is 1. The van der Waals surface area contributed by atoms with Gasteiger partial charge in [0.1, 0.15) is 5.75 Å². The van der Waals surface area contributed by atoms with E-state index in [9.17, 15) is 4.79 Å². The summed E-state index contributed by atoms with van der Waals surface area (Å²) in [6.45, 7) is 2.51. The van der Waals surface area contributed by atoms with E-state index in [0.717, 1.165) is 11.4 Å². The number of carboxylic acid groups (broad SMARTS) is 1. The fourth-order valence-corrected chi connectivity index (χ4v) is 1.75. The Hall–Kier alpha value is -2.30. The Morgan fingerprint density at radius 2 is 2.05 bits per heavy atom. The smallest absolute Gasteiger partial charge is 0.356 e. The van der Waals surface area contributed by atoms with E-state index in [1.807, 2.05) is 31.2 Å². The van der Waals surface area contributed by atoms with Crippen molar-refractivity contribution < 1.29 is 14.6 Å². The van der Waals surface area contributed by atoms with Gasteiger partial charge in [-0.05, 0) is 25.1 Å². The molecule has 0 aliphatic carbocycles. The molecule has 5 heteroatoms. The third kappa shape index (κ3) is 3.34. The van der Waals surface area contributed by atoms with Gasteiger partial charge in [-0.2, -0.15) is 5.10 Å². The number of nitrogens with zero attached hydrogens (tertiary/aromatic N) is 2. The van der Waals surface area contributed by atoms with Gasteiger partial charge in [0.2, 0.25) is 0 Å². The molecule has 0 aliphatic rings. The second kappa shape index (κ2) is 5.56. The molecule has 0 aliphatic heterocycles. The van der Waals surface area contributed by atoms with Crippen molar-refractivity contribution in [2.24, 2.45) is 7.05 Å². The van der Waals surface area contributed by atoms with Crippen LogP contribution in [-0.4, -0.2) is 27.5 Å². The number of benzene rings is 1. The van der Waals surface area contributed by atoms with Crippen molar-refractivity contribution in [3.63, 3.8) is 0 Å². The summed E-state index contributed by atoms with van der Waals surface area (Å²) in [7, 11) is 1.73. The van der Waals surface area contributed by atoms with Crippen molar-refractivity contribution in [1.29, 1.82) is 0 Å². The van der Waals surface area contributed by atoms with Crippen LogP contribution in [0, 0.1) is 6.92 Å². The summed E-state index contributed by atoms with van der Waals surface area (Å²) in [4.78, 5) is 10.8. The first-order chi connectivity index (χ1) is 9.06. The number of hydrogen-bond acceptors (Lipinski definition) is 3. The van der Waals surface area contributed by atoms with Crippen molar-refractivity contribution >= 4 is 5.97 Å². The molecular weight excluding hydrogens is 244 g/mol. The highest BCUT2D eigenvalue weighted by atomic mass is 16.5. The van der Waals surface area contributed by atoms with Crippen LogP contribution in [0.1, 0.15) is 21.7 Å². The predicted octanol–water partition coefficient (Wildman–Crippen LogP) is 2.05. The van der Waals surface area contributed by atoms with Gasteiger partial charge in [-0.1, -0.05) is 17.7 Å². The maximum Gasteiger partial charge on any atom is 0.356 e. The molecule has 0 fully saturated rings. The molecule has 2 aromatic rings. The standard InChI is InChI=1S/C14H16N2O3/c1-10-3-5-12(6-4-10)19-8-7-11-9-13(14(17)18)15-16(11)2/h3-6,9H,7-8H2,1-2H3,(H,17,18). The molecule has 19 heavy (non-hydrogen) atoms. The second-order valence-corrected chi connectivity index (χ2v) is 4.36. The SMILES string of the molecule is Cc1ccc(OCCc2cc(C(=O)O)nn2C)cc1. The van der Waals surface area contributed by atoms with Crippen LogP contribution in [0.5, 0.6) is 5.75 Å². The molecule has 1 N–H and O–H groups in total. The third-order valence-electron chi connectivity index (χ3n) is 2.84. The molecule has 0 radical (unpaired) electrons. The first-order valence-corrected chi connectivity index (χ1v) is 6.02. The second-order valence-electron chi connectivity index (χ2n) is 4.36. The maximum absolute atomic E-state index is 10.8. The molecule has 0 saturated carbocycles. The van der Waals surface area contributed by atoms with Crippen LogP contribution in [-0.2, 0) is 13.5 Å². The molecule has 5 nitrogen and oxygen atoms in total. The van der Waals surface area contributed by atoms with Crippen LogP contribution < -0.4 is 4.74 Å². The summed E-state index contributed by atoms with van der Waals surface area (Å²) in [5, 5.41) is 12.8. The first-order valence-electron chi connectivity index (χ1n) is 6.02. The van der Waals surface area contributed by atoms with Crippen LogP contribution in [0.2, 0.25) is 0 Å². The summed E-state index contributed by atoms with van der Waals surface area (Å²) in [5.41, 5.74) is 2.09. The Morgan fingerprint density at radius 3 is 2.63 bits per heavy atom. The quantitative estimate of drug-likeness (QED) is 0.893. The summed E-state index contributed by atoms with van der Waals surface area (Å²) in [6, 6.07) is 9.38. The van der Waals surface area contributed by atoms with Gasteiger partial charge >= 0.3 is 5.97 Å². The molecule has 1 aromatic heterocycles. The lowest BCUT2D eigenvalue weighted by Crippen LogP contribution is -2.06. The topological polar surface area (TPSA) is 64.3 Å². The number of carboxylic acids is 1. The van der Waals surface area contributed by atoms with E-state index in [-0.39, 0.29) is 5.69 Å². The largest absolute Gasteiger partial charge is 0.493 e. The Kier molecular flexibility index (Phi) is 3.85. The van der Waals surface area contributed by atoms with E-state index in [1.165, 1.54) is 5.56 Å². The fourth-order valence-electron chi connectivity index (χ4n) is 1.75. The van der Waals surface area contributed by atoms with Crippen molar-refractivity contribution in [2.75, 3.05) is 6.61 Å². The van der Waals surface area contributed by atoms with Crippen LogP contribution in [0.25, 0.3) is 0 Å². The summed E-state index contributed by atoms with van der Waals surface area (Å²) in [6.07, 6.45) is 0.616. The third-order valence-corrected chi connectivity index (χ3v) is 2.84. The van der Waals surface area contributed by atoms with Gasteiger partial charge in [0.15, 0.2) is 5.69 Å². The molecule has 0 atom stereocenters.